The zero-order valence-corrected chi connectivity index (χ0v) is 14.3. The van der Waals surface area contributed by atoms with Gasteiger partial charge in [-0.2, -0.15) is 0 Å². The first-order chi connectivity index (χ1) is 12.0. The summed E-state index contributed by atoms with van der Waals surface area (Å²) in [5.41, 5.74) is -0.373. The molecule has 134 valence electrons. The lowest BCUT2D eigenvalue weighted by Gasteiger charge is -2.37. The summed E-state index contributed by atoms with van der Waals surface area (Å²) in [5.74, 6) is -0.207. The highest BCUT2D eigenvalue weighted by Crippen LogP contribution is 2.29. The Kier molecular flexibility index (Phi) is 3.75. The normalized spacial score (nSPS) is 23.2. The highest BCUT2D eigenvalue weighted by Gasteiger charge is 2.38. The molecule has 0 N–H and O–H groups in total. The molecular weight excluding hydrogens is 326 g/mol. The maximum Gasteiger partial charge on any atom is 0.332 e. The van der Waals surface area contributed by atoms with E-state index in [9.17, 15) is 14.4 Å². The highest BCUT2D eigenvalue weighted by atomic mass is 16.5. The summed E-state index contributed by atoms with van der Waals surface area (Å²) < 4.78 is 9.60. The summed E-state index contributed by atoms with van der Waals surface area (Å²) in [5, 5.41) is 0. The number of nitrogens with zero attached hydrogens (tertiary/aromatic N) is 5. The monoisotopic (exact) mass is 347 g/mol. The van der Waals surface area contributed by atoms with Crippen molar-refractivity contribution in [2.75, 3.05) is 13.2 Å². The van der Waals surface area contributed by atoms with E-state index < -0.39 is 11.2 Å². The van der Waals surface area contributed by atoms with Gasteiger partial charge in [0.1, 0.15) is 6.54 Å². The van der Waals surface area contributed by atoms with Crippen molar-refractivity contribution in [3.8, 4) is 0 Å². The lowest BCUT2D eigenvalue weighted by Crippen LogP contribution is -2.53. The van der Waals surface area contributed by atoms with Crippen molar-refractivity contribution in [1.82, 2.24) is 23.6 Å². The minimum atomic E-state index is -0.527. The van der Waals surface area contributed by atoms with E-state index in [1.807, 2.05) is 0 Å². The maximum absolute atomic E-state index is 12.8. The summed E-state index contributed by atoms with van der Waals surface area (Å²) in [4.78, 5) is 44.0. The Balaban J connectivity index is 1.71. The van der Waals surface area contributed by atoms with Crippen LogP contribution in [0, 0.1) is 0 Å². The van der Waals surface area contributed by atoms with E-state index in [0.717, 1.165) is 23.8 Å². The quantitative estimate of drug-likeness (QED) is 0.710. The van der Waals surface area contributed by atoms with E-state index in [-0.39, 0.29) is 24.6 Å². The number of carbonyl (C=O) groups is 1. The molecule has 1 aliphatic carbocycles. The summed E-state index contributed by atoms with van der Waals surface area (Å²) >= 11 is 0. The average Bonchev–Trinajstić information content (AvgIpc) is 3.22. The molecule has 9 nitrogen and oxygen atoms in total. The molecule has 4 rings (SSSR count). The van der Waals surface area contributed by atoms with Gasteiger partial charge in [0.25, 0.3) is 5.56 Å². The molecule has 3 heterocycles. The molecule has 0 bridgehead atoms. The van der Waals surface area contributed by atoms with Crippen molar-refractivity contribution in [2.24, 2.45) is 14.1 Å². The topological polar surface area (TPSA) is 91.4 Å². The van der Waals surface area contributed by atoms with Gasteiger partial charge in [-0.05, 0) is 19.3 Å². The fraction of sp³-hybridized carbons (Fsp3) is 0.625. The molecule has 1 amide bonds. The van der Waals surface area contributed by atoms with Crippen LogP contribution in [0.15, 0.2) is 15.9 Å². The Morgan fingerprint density at radius 2 is 2.12 bits per heavy atom. The molecule has 1 saturated carbocycles. The molecule has 1 aliphatic heterocycles. The van der Waals surface area contributed by atoms with Crippen LogP contribution < -0.4 is 11.2 Å². The van der Waals surface area contributed by atoms with E-state index in [2.05, 4.69) is 4.98 Å². The number of ether oxygens (including phenoxy) is 1. The first kappa shape index (κ1) is 16.1. The second-order valence-electron chi connectivity index (χ2n) is 6.76. The van der Waals surface area contributed by atoms with E-state index in [0.29, 0.717) is 24.3 Å². The Labute approximate surface area is 143 Å². The number of amides is 1. The van der Waals surface area contributed by atoms with Crippen molar-refractivity contribution in [2.45, 2.75) is 38.0 Å². The molecule has 2 aromatic heterocycles. The van der Waals surface area contributed by atoms with Gasteiger partial charge >= 0.3 is 5.69 Å². The van der Waals surface area contributed by atoms with Gasteiger partial charge in [0.2, 0.25) is 5.91 Å². The summed E-state index contributed by atoms with van der Waals surface area (Å²) in [7, 11) is 3.25. The SMILES string of the molecule is Cn1cnc2c1c(=O)n(CC(=O)N1CCOC3CCCC31)c(=O)n2C. The van der Waals surface area contributed by atoms with Crippen LogP contribution in [-0.4, -0.2) is 54.8 Å². The number of aromatic nitrogens is 4. The van der Waals surface area contributed by atoms with Gasteiger partial charge in [0.15, 0.2) is 11.2 Å². The van der Waals surface area contributed by atoms with Crippen LogP contribution in [0.1, 0.15) is 19.3 Å². The molecule has 25 heavy (non-hydrogen) atoms. The Morgan fingerprint density at radius 1 is 1.32 bits per heavy atom. The summed E-state index contributed by atoms with van der Waals surface area (Å²) in [6.45, 7) is 0.749. The number of aryl methyl sites for hydroxylation is 2. The lowest BCUT2D eigenvalue weighted by atomic mass is 10.1. The molecule has 9 heteroatoms. The van der Waals surface area contributed by atoms with Crippen LogP contribution in [0.3, 0.4) is 0 Å². The van der Waals surface area contributed by atoms with Crippen LogP contribution >= 0.6 is 0 Å². The predicted octanol–water partition coefficient (Wildman–Crippen LogP) is -0.786. The fourth-order valence-electron chi connectivity index (χ4n) is 4.00. The standard InChI is InChI=1S/C16H21N5O4/c1-18-9-17-14-13(18)15(23)21(16(24)19(14)2)8-12(22)20-6-7-25-11-5-3-4-10(11)20/h9-11H,3-8H2,1-2H3. The molecule has 2 aliphatic rings. The maximum atomic E-state index is 12.8. The number of rotatable bonds is 2. The van der Waals surface area contributed by atoms with Crippen LogP contribution in [-0.2, 0) is 30.2 Å². The van der Waals surface area contributed by atoms with Gasteiger partial charge < -0.3 is 14.2 Å². The largest absolute Gasteiger partial charge is 0.374 e. The van der Waals surface area contributed by atoms with Crippen molar-refractivity contribution in [3.05, 3.63) is 27.2 Å². The Bertz CT molecular complexity index is 956. The van der Waals surface area contributed by atoms with Crippen molar-refractivity contribution in [3.63, 3.8) is 0 Å². The van der Waals surface area contributed by atoms with E-state index in [4.69, 9.17) is 4.74 Å². The Morgan fingerprint density at radius 3 is 2.92 bits per heavy atom. The summed E-state index contributed by atoms with van der Waals surface area (Å²) in [6, 6.07) is 0.0567. The Hall–Kier alpha value is -2.42. The van der Waals surface area contributed by atoms with Crippen LogP contribution in [0.25, 0.3) is 11.2 Å². The number of fused-ring (bicyclic) bond motifs is 2. The smallest absolute Gasteiger partial charge is 0.332 e. The molecule has 0 radical (unpaired) electrons. The molecule has 0 aromatic carbocycles. The molecule has 2 atom stereocenters. The number of hydrogen-bond acceptors (Lipinski definition) is 5. The number of hydrogen-bond donors (Lipinski definition) is 0. The van der Waals surface area contributed by atoms with Gasteiger partial charge in [0.05, 0.1) is 25.1 Å². The number of imidazole rings is 1. The van der Waals surface area contributed by atoms with E-state index in [1.165, 1.54) is 10.9 Å². The molecule has 2 aromatic rings. The lowest BCUT2D eigenvalue weighted by molar-refractivity contribution is -0.144. The molecule has 0 spiro atoms. The third-order valence-electron chi connectivity index (χ3n) is 5.30. The first-order valence-corrected chi connectivity index (χ1v) is 8.51. The minimum Gasteiger partial charge on any atom is -0.374 e. The fourth-order valence-corrected chi connectivity index (χ4v) is 4.00. The van der Waals surface area contributed by atoms with Gasteiger partial charge in [0, 0.05) is 20.6 Å². The molecule has 2 unspecified atom stereocenters. The average molecular weight is 347 g/mol. The van der Waals surface area contributed by atoms with Crippen LogP contribution in [0.2, 0.25) is 0 Å². The predicted molar refractivity (Wildman–Crippen MR) is 89.3 cm³/mol. The highest BCUT2D eigenvalue weighted by molar-refractivity contribution is 5.77. The summed E-state index contributed by atoms with van der Waals surface area (Å²) in [6.07, 6.45) is 4.46. The van der Waals surface area contributed by atoms with Gasteiger partial charge in [-0.3, -0.25) is 14.2 Å². The van der Waals surface area contributed by atoms with E-state index in [1.54, 1.807) is 23.6 Å². The van der Waals surface area contributed by atoms with Gasteiger partial charge in [-0.25, -0.2) is 14.3 Å². The second kappa shape index (κ2) is 5.83. The third kappa shape index (κ3) is 2.41. The van der Waals surface area contributed by atoms with Gasteiger partial charge in [-0.1, -0.05) is 0 Å². The number of carbonyl (C=O) groups excluding carboxylic acids is 1. The van der Waals surface area contributed by atoms with Crippen molar-refractivity contribution in [1.29, 1.82) is 0 Å². The van der Waals surface area contributed by atoms with Crippen molar-refractivity contribution >= 4 is 17.1 Å². The van der Waals surface area contributed by atoms with E-state index >= 15 is 0 Å². The van der Waals surface area contributed by atoms with Crippen molar-refractivity contribution < 1.29 is 9.53 Å². The number of morpholine rings is 1. The molecule has 1 saturated heterocycles. The zero-order valence-electron chi connectivity index (χ0n) is 14.3. The second-order valence-corrected chi connectivity index (χ2v) is 6.76. The molecular formula is C16H21N5O4. The van der Waals surface area contributed by atoms with Gasteiger partial charge in [-0.15, -0.1) is 0 Å². The molecule has 2 fully saturated rings. The zero-order chi connectivity index (χ0) is 17.7. The van der Waals surface area contributed by atoms with Crippen LogP contribution in [0.5, 0.6) is 0 Å². The third-order valence-corrected chi connectivity index (χ3v) is 5.30. The van der Waals surface area contributed by atoms with Crippen LogP contribution in [0.4, 0.5) is 0 Å². The minimum absolute atomic E-state index is 0.0567. The first-order valence-electron chi connectivity index (χ1n) is 8.51.